The zero-order valence-electron chi connectivity index (χ0n) is 17.3. The number of anilines is 1. The molecule has 0 radical (unpaired) electrons. The fourth-order valence-electron chi connectivity index (χ4n) is 4.69. The number of pyridine rings is 1. The van der Waals surface area contributed by atoms with Crippen molar-refractivity contribution in [3.8, 4) is 11.1 Å². The van der Waals surface area contributed by atoms with Gasteiger partial charge in [0.25, 0.3) is 5.92 Å². The van der Waals surface area contributed by atoms with Gasteiger partial charge in [-0.3, -0.25) is 0 Å². The topological polar surface area (TPSA) is 76.2 Å². The predicted octanol–water partition coefficient (Wildman–Crippen LogP) is 3.15. The maximum Gasteiger partial charge on any atom is 0.252 e. The second kappa shape index (κ2) is 6.43. The Labute approximate surface area is 176 Å². The van der Waals surface area contributed by atoms with Crippen LogP contribution in [0.4, 0.5) is 14.7 Å². The summed E-state index contributed by atoms with van der Waals surface area (Å²) in [6.07, 6.45) is 5.15. The fourth-order valence-corrected chi connectivity index (χ4v) is 4.69. The summed E-state index contributed by atoms with van der Waals surface area (Å²) in [7, 11) is 2.08. The van der Waals surface area contributed by atoms with Gasteiger partial charge in [0.2, 0.25) is 5.95 Å². The SMILES string of the molecule is Cc1nc2ncc(-c3ccn4nc(NC5CN(C)C5)ncc34)cc2n1C1CC(F)(F)C1. The minimum atomic E-state index is -2.59. The Morgan fingerprint density at radius 3 is 2.68 bits per heavy atom. The summed E-state index contributed by atoms with van der Waals surface area (Å²) in [5, 5.41) is 7.92. The van der Waals surface area contributed by atoms with Gasteiger partial charge in [-0.25, -0.2) is 28.2 Å². The fraction of sp³-hybridized carbons (Fsp3) is 0.429. The third kappa shape index (κ3) is 3.04. The van der Waals surface area contributed by atoms with Crippen LogP contribution in [-0.2, 0) is 0 Å². The van der Waals surface area contributed by atoms with Crippen molar-refractivity contribution in [2.45, 2.75) is 37.8 Å². The van der Waals surface area contributed by atoms with Gasteiger partial charge in [-0.2, -0.15) is 0 Å². The summed E-state index contributed by atoms with van der Waals surface area (Å²) in [5.41, 5.74) is 4.03. The van der Waals surface area contributed by atoms with E-state index < -0.39 is 5.92 Å². The number of aryl methyl sites for hydroxylation is 1. The number of hydrogen-bond acceptors (Lipinski definition) is 6. The quantitative estimate of drug-likeness (QED) is 0.543. The van der Waals surface area contributed by atoms with E-state index in [0.717, 1.165) is 35.2 Å². The van der Waals surface area contributed by atoms with Gasteiger partial charge < -0.3 is 14.8 Å². The molecule has 0 aromatic carbocycles. The van der Waals surface area contributed by atoms with E-state index in [4.69, 9.17) is 0 Å². The molecule has 4 aromatic heterocycles. The van der Waals surface area contributed by atoms with Crippen LogP contribution in [0, 0.1) is 6.92 Å². The Kier molecular flexibility index (Phi) is 3.86. The lowest BCUT2D eigenvalue weighted by Crippen LogP contribution is -2.52. The maximum absolute atomic E-state index is 13.5. The first-order valence-corrected chi connectivity index (χ1v) is 10.4. The van der Waals surface area contributed by atoms with Crippen molar-refractivity contribution >= 4 is 22.6 Å². The van der Waals surface area contributed by atoms with Gasteiger partial charge in [0, 0.05) is 55.5 Å². The molecule has 1 N–H and O–H groups in total. The molecule has 0 atom stereocenters. The van der Waals surface area contributed by atoms with Crippen LogP contribution in [0.25, 0.3) is 27.8 Å². The van der Waals surface area contributed by atoms with Crippen LogP contribution in [0.5, 0.6) is 0 Å². The summed E-state index contributed by atoms with van der Waals surface area (Å²) in [6.45, 7) is 3.79. The molecule has 5 heterocycles. The number of aromatic nitrogens is 6. The molecule has 1 aliphatic heterocycles. The minimum Gasteiger partial charge on any atom is -0.348 e. The summed E-state index contributed by atoms with van der Waals surface area (Å²) < 4.78 is 30.6. The van der Waals surface area contributed by atoms with Crippen molar-refractivity contribution in [2.24, 2.45) is 0 Å². The molecule has 31 heavy (non-hydrogen) atoms. The third-order valence-electron chi connectivity index (χ3n) is 6.28. The number of halogens is 2. The van der Waals surface area contributed by atoms with Crippen molar-refractivity contribution < 1.29 is 8.78 Å². The second-order valence-electron chi connectivity index (χ2n) is 8.72. The number of nitrogens with one attached hydrogen (secondary N) is 1. The average Bonchev–Trinajstić information content (AvgIpc) is 3.24. The van der Waals surface area contributed by atoms with E-state index in [-0.39, 0.29) is 18.9 Å². The van der Waals surface area contributed by atoms with Crippen LogP contribution >= 0.6 is 0 Å². The van der Waals surface area contributed by atoms with E-state index in [1.54, 1.807) is 16.9 Å². The summed E-state index contributed by atoms with van der Waals surface area (Å²) in [5.74, 6) is -1.28. The number of alkyl halides is 2. The summed E-state index contributed by atoms with van der Waals surface area (Å²) in [4.78, 5) is 15.7. The van der Waals surface area contributed by atoms with Crippen LogP contribution in [-0.4, -0.2) is 66.1 Å². The monoisotopic (exact) mass is 424 g/mol. The van der Waals surface area contributed by atoms with E-state index in [2.05, 4.69) is 37.3 Å². The highest BCUT2D eigenvalue weighted by Crippen LogP contribution is 2.47. The van der Waals surface area contributed by atoms with E-state index >= 15 is 0 Å². The smallest absolute Gasteiger partial charge is 0.252 e. The normalized spacial score (nSPS) is 19.6. The average molecular weight is 424 g/mol. The van der Waals surface area contributed by atoms with Crippen LogP contribution < -0.4 is 5.32 Å². The van der Waals surface area contributed by atoms with Gasteiger partial charge in [-0.05, 0) is 26.1 Å². The Morgan fingerprint density at radius 1 is 1.13 bits per heavy atom. The Hall–Kier alpha value is -3.14. The number of nitrogens with zero attached hydrogens (tertiary/aromatic N) is 7. The molecule has 1 saturated heterocycles. The highest BCUT2D eigenvalue weighted by atomic mass is 19.3. The van der Waals surface area contributed by atoms with Crippen LogP contribution in [0.2, 0.25) is 0 Å². The van der Waals surface area contributed by atoms with Crippen LogP contribution in [0.15, 0.2) is 30.7 Å². The molecular formula is C21H22F2N8. The highest BCUT2D eigenvalue weighted by Gasteiger charge is 2.47. The summed E-state index contributed by atoms with van der Waals surface area (Å²) in [6, 6.07) is 4.07. The minimum absolute atomic E-state index is 0.154. The van der Waals surface area contributed by atoms with E-state index in [1.165, 1.54) is 0 Å². The number of likely N-dealkylation sites (N-methyl/N-ethyl adjacent to an activating group) is 1. The molecule has 4 aromatic rings. The molecule has 2 aliphatic rings. The first-order chi connectivity index (χ1) is 14.9. The molecule has 160 valence electrons. The molecule has 2 fully saturated rings. The molecule has 1 aliphatic carbocycles. The van der Waals surface area contributed by atoms with E-state index in [0.29, 0.717) is 23.5 Å². The number of imidazole rings is 1. The third-order valence-corrected chi connectivity index (χ3v) is 6.28. The van der Waals surface area contributed by atoms with E-state index in [9.17, 15) is 8.78 Å². The number of likely N-dealkylation sites (tertiary alicyclic amines) is 1. The number of fused-ring (bicyclic) bond motifs is 2. The first-order valence-electron chi connectivity index (χ1n) is 10.4. The van der Waals surface area contributed by atoms with E-state index in [1.807, 2.05) is 29.8 Å². The highest BCUT2D eigenvalue weighted by molar-refractivity contribution is 5.85. The van der Waals surface area contributed by atoms with Crippen molar-refractivity contribution in [2.75, 3.05) is 25.5 Å². The van der Waals surface area contributed by atoms with Gasteiger partial charge in [-0.1, -0.05) is 0 Å². The maximum atomic E-state index is 13.5. The summed E-state index contributed by atoms with van der Waals surface area (Å²) >= 11 is 0. The molecular weight excluding hydrogens is 402 g/mol. The largest absolute Gasteiger partial charge is 0.348 e. The Morgan fingerprint density at radius 2 is 1.94 bits per heavy atom. The Bertz CT molecular complexity index is 1300. The molecule has 8 nitrogen and oxygen atoms in total. The van der Waals surface area contributed by atoms with Crippen LogP contribution in [0.3, 0.4) is 0 Å². The van der Waals surface area contributed by atoms with Gasteiger partial charge in [0.1, 0.15) is 5.82 Å². The number of hydrogen-bond donors (Lipinski definition) is 1. The van der Waals surface area contributed by atoms with Gasteiger partial charge in [-0.15, -0.1) is 5.10 Å². The number of rotatable bonds is 4. The lowest BCUT2D eigenvalue weighted by atomic mass is 9.87. The van der Waals surface area contributed by atoms with Gasteiger partial charge in [0.15, 0.2) is 5.65 Å². The first kappa shape index (κ1) is 18.6. The molecule has 1 saturated carbocycles. The van der Waals surface area contributed by atoms with Crippen molar-refractivity contribution in [3.05, 3.63) is 36.5 Å². The molecule has 10 heteroatoms. The van der Waals surface area contributed by atoms with Crippen molar-refractivity contribution in [1.82, 2.24) is 34.0 Å². The molecule has 0 bridgehead atoms. The second-order valence-corrected chi connectivity index (χ2v) is 8.72. The standard InChI is InChI=1S/C21H22F2N8/c1-12-26-19-17(31(12)15-6-21(22,23)7-15)5-13(8-24-19)16-3-4-30-18(16)9-25-20(28-30)27-14-10-29(2)11-14/h3-5,8-9,14-15H,6-7,10-11H2,1-2H3,(H,27,28). The molecule has 6 rings (SSSR count). The van der Waals surface area contributed by atoms with Gasteiger partial charge >= 0.3 is 0 Å². The van der Waals surface area contributed by atoms with Crippen LogP contribution in [0.1, 0.15) is 24.7 Å². The lowest BCUT2D eigenvalue weighted by molar-refractivity contribution is -0.103. The van der Waals surface area contributed by atoms with Crippen molar-refractivity contribution in [3.63, 3.8) is 0 Å². The zero-order valence-corrected chi connectivity index (χ0v) is 17.3. The molecule has 0 amide bonds. The molecule has 0 spiro atoms. The predicted molar refractivity (Wildman–Crippen MR) is 112 cm³/mol. The Balaban J connectivity index is 1.35. The molecule has 0 unspecified atom stereocenters. The zero-order chi connectivity index (χ0) is 21.3. The van der Waals surface area contributed by atoms with Crippen molar-refractivity contribution in [1.29, 1.82) is 0 Å². The lowest BCUT2D eigenvalue weighted by Gasteiger charge is -2.36. The van der Waals surface area contributed by atoms with Gasteiger partial charge in [0.05, 0.1) is 23.3 Å².